The molecule has 0 saturated heterocycles. The quantitative estimate of drug-likeness (QED) is 0.871. The third-order valence-electron chi connectivity index (χ3n) is 2.92. The highest BCUT2D eigenvalue weighted by atomic mass is 15.1. The fraction of sp³-hybridized carbons (Fsp3) is 0.267. The van der Waals surface area contributed by atoms with Crippen LogP contribution < -0.4 is 10.2 Å². The molecule has 0 radical (unpaired) electrons. The lowest BCUT2D eigenvalue weighted by Gasteiger charge is -2.22. The van der Waals surface area contributed by atoms with Crippen molar-refractivity contribution in [3.63, 3.8) is 0 Å². The molecule has 0 bridgehead atoms. The first-order valence-corrected chi connectivity index (χ1v) is 6.14. The van der Waals surface area contributed by atoms with Crippen molar-refractivity contribution < 1.29 is 0 Å². The lowest BCUT2D eigenvalue weighted by Crippen LogP contribution is -2.19. The zero-order chi connectivity index (χ0) is 12.8. The normalized spacial score (nSPS) is 10.3. The molecule has 0 amide bonds. The Morgan fingerprint density at radius 3 is 2.67 bits per heavy atom. The summed E-state index contributed by atoms with van der Waals surface area (Å²) in [6.07, 6.45) is 3.77. The van der Waals surface area contributed by atoms with Crippen molar-refractivity contribution in [3.05, 3.63) is 59.9 Å². The monoisotopic (exact) mass is 241 g/mol. The van der Waals surface area contributed by atoms with Gasteiger partial charge in [0, 0.05) is 43.8 Å². The lowest BCUT2D eigenvalue weighted by molar-refractivity contribution is 0.800. The van der Waals surface area contributed by atoms with Crippen molar-refractivity contribution in [2.75, 3.05) is 19.0 Å². The maximum atomic E-state index is 4.19. The van der Waals surface area contributed by atoms with Gasteiger partial charge in [-0.05, 0) is 18.7 Å². The molecule has 1 aromatic carbocycles. The standard InChI is InChI=1S/C15H19N3/c1-16-10-14-11-17-9-8-15(14)18(2)12-13-6-4-3-5-7-13/h3-9,11,16H,10,12H2,1-2H3. The number of hydrogen-bond acceptors (Lipinski definition) is 3. The van der Waals surface area contributed by atoms with Gasteiger partial charge < -0.3 is 10.2 Å². The number of nitrogens with zero attached hydrogens (tertiary/aromatic N) is 2. The maximum Gasteiger partial charge on any atom is 0.0443 e. The molecular formula is C15H19N3. The molecule has 0 fully saturated rings. The average molecular weight is 241 g/mol. The Hall–Kier alpha value is -1.87. The first kappa shape index (κ1) is 12.6. The minimum atomic E-state index is 0.836. The van der Waals surface area contributed by atoms with Crippen LogP contribution in [0.3, 0.4) is 0 Å². The number of pyridine rings is 1. The molecule has 1 N–H and O–H groups in total. The molecule has 2 rings (SSSR count). The Kier molecular flexibility index (Phi) is 4.31. The van der Waals surface area contributed by atoms with Gasteiger partial charge in [0.15, 0.2) is 0 Å². The van der Waals surface area contributed by atoms with E-state index in [0.29, 0.717) is 0 Å². The summed E-state index contributed by atoms with van der Waals surface area (Å²) in [5, 5.41) is 3.18. The van der Waals surface area contributed by atoms with E-state index in [0.717, 1.165) is 13.1 Å². The molecular weight excluding hydrogens is 222 g/mol. The Labute approximate surface area is 108 Å². The summed E-state index contributed by atoms with van der Waals surface area (Å²) in [4.78, 5) is 6.44. The van der Waals surface area contributed by atoms with Crippen LogP contribution in [-0.4, -0.2) is 19.1 Å². The molecule has 0 aliphatic heterocycles. The van der Waals surface area contributed by atoms with E-state index in [4.69, 9.17) is 0 Å². The molecule has 0 unspecified atom stereocenters. The molecule has 3 nitrogen and oxygen atoms in total. The van der Waals surface area contributed by atoms with Crippen LogP contribution >= 0.6 is 0 Å². The van der Waals surface area contributed by atoms with Gasteiger partial charge in [-0.1, -0.05) is 30.3 Å². The van der Waals surface area contributed by atoms with E-state index in [1.54, 1.807) is 0 Å². The summed E-state index contributed by atoms with van der Waals surface area (Å²) in [7, 11) is 4.06. The predicted molar refractivity (Wildman–Crippen MR) is 75.5 cm³/mol. The zero-order valence-electron chi connectivity index (χ0n) is 10.9. The maximum absolute atomic E-state index is 4.19. The molecule has 0 saturated carbocycles. The van der Waals surface area contributed by atoms with Crippen molar-refractivity contribution in [2.45, 2.75) is 13.1 Å². The second-order valence-corrected chi connectivity index (χ2v) is 4.38. The first-order chi connectivity index (χ1) is 8.81. The van der Waals surface area contributed by atoms with Crippen molar-refractivity contribution in [1.29, 1.82) is 0 Å². The summed E-state index contributed by atoms with van der Waals surface area (Å²) in [6.45, 7) is 1.74. The van der Waals surface area contributed by atoms with Gasteiger partial charge in [0.05, 0.1) is 0 Å². The number of aromatic nitrogens is 1. The van der Waals surface area contributed by atoms with E-state index in [1.165, 1.54) is 16.8 Å². The highest BCUT2D eigenvalue weighted by Gasteiger charge is 2.07. The highest BCUT2D eigenvalue weighted by Crippen LogP contribution is 2.19. The van der Waals surface area contributed by atoms with Crippen LogP contribution in [-0.2, 0) is 13.1 Å². The molecule has 1 heterocycles. The van der Waals surface area contributed by atoms with Crippen molar-refractivity contribution in [1.82, 2.24) is 10.3 Å². The second-order valence-electron chi connectivity index (χ2n) is 4.38. The van der Waals surface area contributed by atoms with E-state index in [2.05, 4.69) is 52.6 Å². The van der Waals surface area contributed by atoms with Crippen LogP contribution in [0.5, 0.6) is 0 Å². The van der Waals surface area contributed by atoms with E-state index in [1.807, 2.05) is 25.5 Å². The highest BCUT2D eigenvalue weighted by molar-refractivity contribution is 5.51. The Morgan fingerprint density at radius 2 is 1.94 bits per heavy atom. The summed E-state index contributed by atoms with van der Waals surface area (Å²) in [6, 6.07) is 12.6. The van der Waals surface area contributed by atoms with Crippen LogP contribution in [0.4, 0.5) is 5.69 Å². The fourth-order valence-corrected chi connectivity index (χ4v) is 2.06. The molecule has 1 aromatic heterocycles. The first-order valence-electron chi connectivity index (χ1n) is 6.14. The van der Waals surface area contributed by atoms with Crippen LogP contribution in [0.2, 0.25) is 0 Å². The minimum absolute atomic E-state index is 0.836. The third kappa shape index (κ3) is 3.08. The van der Waals surface area contributed by atoms with Crippen LogP contribution in [0.1, 0.15) is 11.1 Å². The average Bonchev–Trinajstić information content (AvgIpc) is 2.41. The van der Waals surface area contributed by atoms with Gasteiger partial charge in [0.25, 0.3) is 0 Å². The van der Waals surface area contributed by atoms with Crippen molar-refractivity contribution in [2.24, 2.45) is 0 Å². The third-order valence-corrected chi connectivity index (χ3v) is 2.92. The Morgan fingerprint density at radius 1 is 1.17 bits per heavy atom. The molecule has 0 aliphatic rings. The number of nitrogens with one attached hydrogen (secondary N) is 1. The number of benzene rings is 1. The van der Waals surface area contributed by atoms with Crippen LogP contribution in [0.25, 0.3) is 0 Å². The van der Waals surface area contributed by atoms with Gasteiger partial charge >= 0.3 is 0 Å². The summed E-state index contributed by atoms with van der Waals surface area (Å²) >= 11 is 0. The van der Waals surface area contributed by atoms with E-state index < -0.39 is 0 Å². The van der Waals surface area contributed by atoms with Crippen molar-refractivity contribution >= 4 is 5.69 Å². The number of hydrogen-bond donors (Lipinski definition) is 1. The van der Waals surface area contributed by atoms with Gasteiger partial charge in [-0.25, -0.2) is 0 Å². The largest absolute Gasteiger partial charge is 0.370 e. The molecule has 94 valence electrons. The van der Waals surface area contributed by atoms with E-state index in [9.17, 15) is 0 Å². The molecule has 0 atom stereocenters. The Bertz CT molecular complexity index is 482. The SMILES string of the molecule is CNCc1cnccc1N(C)Cc1ccccc1. The fourth-order valence-electron chi connectivity index (χ4n) is 2.06. The van der Waals surface area contributed by atoms with Gasteiger partial charge in [-0.2, -0.15) is 0 Å². The van der Waals surface area contributed by atoms with Crippen LogP contribution in [0, 0.1) is 0 Å². The van der Waals surface area contributed by atoms with Gasteiger partial charge in [0.1, 0.15) is 0 Å². The zero-order valence-corrected chi connectivity index (χ0v) is 10.9. The van der Waals surface area contributed by atoms with E-state index >= 15 is 0 Å². The smallest absolute Gasteiger partial charge is 0.0443 e. The van der Waals surface area contributed by atoms with E-state index in [-0.39, 0.29) is 0 Å². The minimum Gasteiger partial charge on any atom is -0.370 e. The summed E-state index contributed by atoms with van der Waals surface area (Å²) in [5.74, 6) is 0. The number of anilines is 1. The topological polar surface area (TPSA) is 28.2 Å². The molecule has 0 spiro atoms. The lowest BCUT2D eigenvalue weighted by atomic mass is 10.1. The van der Waals surface area contributed by atoms with Crippen LogP contribution in [0.15, 0.2) is 48.8 Å². The second kappa shape index (κ2) is 6.17. The number of rotatable bonds is 5. The van der Waals surface area contributed by atoms with Gasteiger partial charge in [-0.3, -0.25) is 4.98 Å². The Balaban J connectivity index is 2.16. The predicted octanol–water partition coefficient (Wildman–Crippen LogP) is 2.44. The molecule has 2 aromatic rings. The summed E-state index contributed by atoms with van der Waals surface area (Å²) in [5.41, 5.74) is 3.76. The van der Waals surface area contributed by atoms with Gasteiger partial charge in [-0.15, -0.1) is 0 Å². The van der Waals surface area contributed by atoms with Gasteiger partial charge in [0.2, 0.25) is 0 Å². The molecule has 0 aliphatic carbocycles. The molecule has 3 heteroatoms. The molecule has 18 heavy (non-hydrogen) atoms. The summed E-state index contributed by atoms with van der Waals surface area (Å²) < 4.78 is 0. The van der Waals surface area contributed by atoms with Crippen molar-refractivity contribution in [3.8, 4) is 0 Å².